The van der Waals surface area contributed by atoms with Crippen LogP contribution in [0.1, 0.15) is 32.0 Å². The average Bonchev–Trinajstić information content (AvgIpc) is 2.66. The van der Waals surface area contributed by atoms with Gasteiger partial charge in [0.05, 0.1) is 19.3 Å². The van der Waals surface area contributed by atoms with Crippen LogP contribution in [-0.2, 0) is 26.8 Å². The van der Waals surface area contributed by atoms with Crippen LogP contribution in [0.4, 0.5) is 19.0 Å². The van der Waals surface area contributed by atoms with Gasteiger partial charge in [-0.3, -0.25) is 0 Å². The van der Waals surface area contributed by atoms with Crippen molar-refractivity contribution in [2.75, 3.05) is 24.7 Å². The summed E-state index contributed by atoms with van der Waals surface area (Å²) in [7, 11) is 0. The smallest absolute Gasteiger partial charge is 0.421 e. The molecule has 1 fully saturated rings. The summed E-state index contributed by atoms with van der Waals surface area (Å²) >= 11 is 4.07. The van der Waals surface area contributed by atoms with E-state index in [0.717, 1.165) is 6.07 Å². The first-order valence-corrected chi connectivity index (χ1v) is 10.5. The summed E-state index contributed by atoms with van der Waals surface area (Å²) in [6.07, 6.45) is -4.61. The van der Waals surface area contributed by atoms with Gasteiger partial charge < -0.3 is 14.2 Å². The Kier molecular flexibility index (Phi) is 6.33. The van der Waals surface area contributed by atoms with Gasteiger partial charge >= 0.3 is 6.18 Å². The number of hydrogen-bond acceptors (Lipinski definition) is 5. The Balaban J connectivity index is 2.02. The molecule has 1 saturated heterocycles. The van der Waals surface area contributed by atoms with Gasteiger partial charge in [-0.2, -0.15) is 13.2 Å². The first-order valence-electron chi connectivity index (χ1n) is 8.99. The van der Waals surface area contributed by atoms with Gasteiger partial charge in [0.25, 0.3) is 0 Å². The van der Waals surface area contributed by atoms with Crippen LogP contribution >= 0.6 is 11.6 Å². The summed E-state index contributed by atoms with van der Waals surface area (Å²) in [6, 6.07) is 6.55. The molecule has 0 aliphatic carbocycles. The third kappa shape index (κ3) is 4.63. The predicted molar refractivity (Wildman–Crippen MR) is 106 cm³/mol. The number of rotatable bonds is 4. The van der Waals surface area contributed by atoms with Crippen LogP contribution in [0.5, 0.6) is 0 Å². The number of morpholine rings is 1. The summed E-state index contributed by atoms with van der Waals surface area (Å²) in [5, 5.41) is -0.0506. The second-order valence-corrected chi connectivity index (χ2v) is 9.61. The van der Waals surface area contributed by atoms with E-state index in [-0.39, 0.29) is 16.2 Å². The van der Waals surface area contributed by atoms with Gasteiger partial charge in [-0.25, -0.2) is 9.97 Å². The summed E-state index contributed by atoms with van der Waals surface area (Å²) in [5.41, 5.74) is -0.616. The molecule has 0 saturated carbocycles. The number of nitrogens with zero attached hydrogens (tertiary/aromatic N) is 3. The molecule has 0 spiro atoms. The van der Waals surface area contributed by atoms with Crippen LogP contribution in [0, 0.1) is 0 Å². The molecule has 0 radical (unpaired) electrons. The van der Waals surface area contributed by atoms with Gasteiger partial charge in [0, 0.05) is 12.6 Å². The van der Waals surface area contributed by atoms with Gasteiger partial charge in [-0.15, -0.1) is 0 Å². The summed E-state index contributed by atoms with van der Waals surface area (Å²) in [6.45, 7) is 6.77. The number of benzene rings is 1. The van der Waals surface area contributed by atoms with Crippen molar-refractivity contribution in [3.8, 4) is 0 Å². The van der Waals surface area contributed by atoms with Crippen LogP contribution in [-0.4, -0.2) is 40.3 Å². The molecule has 1 aliphatic rings. The Morgan fingerprint density at radius 1 is 1.24 bits per heavy atom. The Labute approximate surface area is 175 Å². The van der Waals surface area contributed by atoms with Crippen molar-refractivity contribution in [3.63, 3.8) is 0 Å². The van der Waals surface area contributed by atoms with E-state index in [1.807, 2.05) is 11.8 Å². The molecule has 2 aromatic rings. The van der Waals surface area contributed by atoms with Crippen LogP contribution in [0.15, 0.2) is 35.2 Å². The van der Waals surface area contributed by atoms with Gasteiger partial charge in [-0.05, 0) is 55.7 Å². The van der Waals surface area contributed by atoms with Crippen molar-refractivity contribution in [3.05, 3.63) is 46.9 Å². The average molecular weight is 448 g/mol. The largest absolute Gasteiger partial charge is 0.611 e. The molecule has 10 heteroatoms. The van der Waals surface area contributed by atoms with Crippen LogP contribution in [0.3, 0.4) is 0 Å². The van der Waals surface area contributed by atoms with Crippen molar-refractivity contribution in [2.24, 2.45) is 0 Å². The third-order valence-corrected chi connectivity index (χ3v) is 6.88. The topological polar surface area (TPSA) is 61.3 Å². The maximum absolute atomic E-state index is 13.4. The standard InChI is InChI=1S/C19H21ClF3N3O2S/c1-12-11-28-9-8-26(12)16-10-15(24-17(20)25-16)18(2,3)29(27)14-7-5-4-6-13(14)19(21,22)23/h4-7,10,12H,8-9,11H2,1-3H3/t12-,29?/m0/s1. The number of aromatic nitrogens is 2. The fraction of sp³-hybridized carbons (Fsp3) is 0.474. The third-order valence-electron chi connectivity index (χ3n) is 4.82. The fourth-order valence-corrected chi connectivity index (χ4v) is 4.77. The zero-order valence-corrected chi connectivity index (χ0v) is 17.7. The van der Waals surface area contributed by atoms with E-state index >= 15 is 0 Å². The SMILES string of the molecule is C[C@H]1COCCN1c1cc(C(C)(C)[S+]([O-])c2ccccc2C(F)(F)F)nc(Cl)n1. The molecule has 2 atom stereocenters. The zero-order chi connectivity index (χ0) is 21.4. The minimum Gasteiger partial charge on any atom is -0.611 e. The number of hydrogen-bond donors (Lipinski definition) is 0. The van der Waals surface area contributed by atoms with Crippen LogP contribution < -0.4 is 4.90 Å². The van der Waals surface area contributed by atoms with E-state index < -0.39 is 27.7 Å². The second kappa shape index (κ2) is 8.29. The molecule has 2 heterocycles. The van der Waals surface area contributed by atoms with Crippen molar-refractivity contribution >= 4 is 28.6 Å². The Morgan fingerprint density at radius 2 is 1.93 bits per heavy atom. The molecule has 158 valence electrons. The first kappa shape index (κ1) is 22.1. The lowest BCUT2D eigenvalue weighted by atomic mass is 10.1. The molecule has 5 nitrogen and oxygen atoms in total. The molecule has 3 rings (SSSR count). The maximum Gasteiger partial charge on any atom is 0.421 e. The molecule has 0 N–H and O–H groups in total. The number of ether oxygens (including phenoxy) is 1. The molecule has 1 aliphatic heterocycles. The fourth-order valence-electron chi connectivity index (χ4n) is 3.16. The van der Waals surface area contributed by atoms with Crippen LogP contribution in [0.25, 0.3) is 0 Å². The molecule has 0 bridgehead atoms. The highest BCUT2D eigenvalue weighted by Gasteiger charge is 2.44. The van der Waals surface area contributed by atoms with Crippen molar-refractivity contribution in [1.29, 1.82) is 0 Å². The second-order valence-electron chi connectivity index (χ2n) is 7.27. The van der Waals surface area contributed by atoms with E-state index in [0.29, 0.717) is 31.3 Å². The highest BCUT2D eigenvalue weighted by molar-refractivity contribution is 7.92. The molecular weight excluding hydrogens is 427 g/mol. The molecule has 1 aromatic heterocycles. The lowest BCUT2D eigenvalue weighted by molar-refractivity contribution is -0.139. The van der Waals surface area contributed by atoms with Crippen molar-refractivity contribution in [1.82, 2.24) is 9.97 Å². The summed E-state index contributed by atoms with van der Waals surface area (Å²) in [5.74, 6) is 0.532. The highest BCUT2D eigenvalue weighted by Crippen LogP contribution is 2.41. The number of halogens is 4. The van der Waals surface area contributed by atoms with E-state index in [9.17, 15) is 17.7 Å². The molecule has 0 amide bonds. The first-order chi connectivity index (χ1) is 13.5. The quantitative estimate of drug-likeness (QED) is 0.513. The van der Waals surface area contributed by atoms with E-state index in [4.69, 9.17) is 16.3 Å². The number of anilines is 1. The van der Waals surface area contributed by atoms with E-state index in [2.05, 4.69) is 9.97 Å². The maximum atomic E-state index is 13.4. The monoisotopic (exact) mass is 447 g/mol. The molecule has 1 unspecified atom stereocenters. The highest BCUT2D eigenvalue weighted by atomic mass is 35.5. The Morgan fingerprint density at radius 3 is 2.59 bits per heavy atom. The van der Waals surface area contributed by atoms with Crippen LogP contribution in [0.2, 0.25) is 5.28 Å². The number of alkyl halides is 3. The van der Waals surface area contributed by atoms with Crippen molar-refractivity contribution < 1.29 is 22.5 Å². The summed E-state index contributed by atoms with van der Waals surface area (Å²) in [4.78, 5) is 10.1. The van der Waals surface area contributed by atoms with Gasteiger partial charge in [0.2, 0.25) is 5.28 Å². The van der Waals surface area contributed by atoms with E-state index in [1.54, 1.807) is 19.9 Å². The Bertz CT molecular complexity index is 882. The minimum atomic E-state index is -4.61. The Hall–Kier alpha value is -1.55. The van der Waals surface area contributed by atoms with E-state index in [1.165, 1.54) is 18.2 Å². The predicted octanol–water partition coefficient (Wildman–Crippen LogP) is 4.42. The molecular formula is C19H21ClF3N3O2S. The molecule has 1 aromatic carbocycles. The summed E-state index contributed by atoms with van der Waals surface area (Å²) < 4.78 is 57.7. The lowest BCUT2D eigenvalue weighted by Crippen LogP contribution is -2.44. The van der Waals surface area contributed by atoms with Gasteiger partial charge in [0.1, 0.15) is 17.1 Å². The van der Waals surface area contributed by atoms with Gasteiger partial charge in [-0.1, -0.05) is 12.1 Å². The van der Waals surface area contributed by atoms with Crippen molar-refractivity contribution in [2.45, 2.75) is 42.6 Å². The minimum absolute atomic E-state index is 0.0436. The molecule has 29 heavy (non-hydrogen) atoms. The van der Waals surface area contributed by atoms with Gasteiger partial charge in [0.15, 0.2) is 9.64 Å². The zero-order valence-electron chi connectivity index (χ0n) is 16.2. The normalized spacial score (nSPS) is 19.3. The lowest BCUT2D eigenvalue weighted by Gasteiger charge is -2.35.